The summed E-state index contributed by atoms with van der Waals surface area (Å²) in [7, 11) is 0. The van der Waals surface area contributed by atoms with Crippen LogP contribution in [0.2, 0.25) is 10.0 Å². The van der Waals surface area contributed by atoms with Gasteiger partial charge in [-0.15, -0.1) is 0 Å². The predicted molar refractivity (Wildman–Crippen MR) is 139 cm³/mol. The Morgan fingerprint density at radius 3 is 2.35 bits per heavy atom. The second-order valence-electron chi connectivity index (χ2n) is 8.61. The number of fused-ring (bicyclic) bond motifs is 1. The van der Waals surface area contributed by atoms with Gasteiger partial charge in [-0.05, 0) is 67.9 Å². The molecule has 1 unspecified atom stereocenters. The number of rotatable bonds is 6. The predicted octanol–water partition coefficient (Wildman–Crippen LogP) is 7.52. The lowest BCUT2D eigenvalue weighted by Gasteiger charge is -2.38. The van der Waals surface area contributed by atoms with Gasteiger partial charge >= 0.3 is 0 Å². The summed E-state index contributed by atoms with van der Waals surface area (Å²) in [4.78, 5) is 19.0. The number of hydrogen-bond acceptors (Lipinski definition) is 4. The highest BCUT2D eigenvalue weighted by molar-refractivity contribution is 7.99. The molecule has 7 heteroatoms. The SMILES string of the molecule is O=C1c2ccccc2SC(c2ccc(Oc3ccc(Cl)c(Cl)c3)cc2)N1CCN1CCCCC1. The Balaban J connectivity index is 1.36. The Morgan fingerprint density at radius 1 is 0.853 bits per heavy atom. The van der Waals surface area contributed by atoms with Gasteiger partial charge in [-0.3, -0.25) is 4.79 Å². The van der Waals surface area contributed by atoms with Crippen molar-refractivity contribution in [2.45, 2.75) is 29.5 Å². The van der Waals surface area contributed by atoms with Crippen molar-refractivity contribution in [1.82, 2.24) is 9.80 Å². The van der Waals surface area contributed by atoms with Crippen LogP contribution in [-0.4, -0.2) is 41.9 Å². The summed E-state index contributed by atoms with van der Waals surface area (Å²) >= 11 is 13.8. The Bertz CT molecular complexity index is 1170. The monoisotopic (exact) mass is 512 g/mol. The van der Waals surface area contributed by atoms with E-state index in [1.54, 1.807) is 30.0 Å². The molecule has 4 nitrogen and oxygen atoms in total. The Labute approximate surface area is 214 Å². The highest BCUT2D eigenvalue weighted by Gasteiger charge is 2.34. The van der Waals surface area contributed by atoms with Crippen molar-refractivity contribution in [1.29, 1.82) is 0 Å². The molecule has 0 aliphatic carbocycles. The maximum atomic E-state index is 13.5. The molecule has 2 aliphatic heterocycles. The maximum absolute atomic E-state index is 13.5. The maximum Gasteiger partial charge on any atom is 0.256 e. The van der Waals surface area contributed by atoms with Gasteiger partial charge in [-0.1, -0.05) is 65.7 Å². The van der Waals surface area contributed by atoms with Crippen LogP contribution >= 0.6 is 35.0 Å². The third kappa shape index (κ3) is 5.23. The molecule has 1 saturated heterocycles. The number of thioether (sulfide) groups is 1. The zero-order valence-electron chi connectivity index (χ0n) is 18.8. The number of piperidine rings is 1. The number of carbonyl (C=O) groups is 1. The number of likely N-dealkylation sites (tertiary alicyclic amines) is 1. The van der Waals surface area contributed by atoms with Crippen LogP contribution in [-0.2, 0) is 0 Å². The third-order valence-electron chi connectivity index (χ3n) is 6.30. The normalized spacial score (nSPS) is 18.6. The minimum atomic E-state index is -0.0776. The lowest BCUT2D eigenvalue weighted by atomic mass is 10.1. The van der Waals surface area contributed by atoms with Crippen molar-refractivity contribution in [2.75, 3.05) is 26.2 Å². The van der Waals surface area contributed by atoms with Crippen LogP contribution in [0.3, 0.4) is 0 Å². The lowest BCUT2D eigenvalue weighted by Crippen LogP contribution is -2.43. The van der Waals surface area contributed by atoms with E-state index in [4.69, 9.17) is 27.9 Å². The van der Waals surface area contributed by atoms with Crippen LogP contribution in [0.25, 0.3) is 0 Å². The fourth-order valence-electron chi connectivity index (χ4n) is 4.47. The van der Waals surface area contributed by atoms with Crippen LogP contribution in [0.5, 0.6) is 11.5 Å². The molecule has 2 aliphatic rings. The first kappa shape index (κ1) is 23.6. The minimum Gasteiger partial charge on any atom is -0.457 e. The molecule has 3 aromatic carbocycles. The van der Waals surface area contributed by atoms with E-state index in [9.17, 15) is 4.79 Å². The molecule has 1 amide bonds. The number of ether oxygens (including phenoxy) is 1. The number of carbonyl (C=O) groups excluding carboxylic acids is 1. The molecule has 0 N–H and O–H groups in total. The van der Waals surface area contributed by atoms with Gasteiger partial charge in [0.25, 0.3) is 5.91 Å². The van der Waals surface area contributed by atoms with Gasteiger partial charge in [0, 0.05) is 24.1 Å². The Hall–Kier alpha value is -2.18. The van der Waals surface area contributed by atoms with E-state index in [0.717, 1.165) is 35.7 Å². The molecule has 0 bridgehead atoms. The molecule has 0 aromatic heterocycles. The summed E-state index contributed by atoms with van der Waals surface area (Å²) in [5, 5.41) is 0.871. The average molecular weight is 513 g/mol. The van der Waals surface area contributed by atoms with Gasteiger partial charge in [0.1, 0.15) is 16.9 Å². The molecule has 2 heterocycles. The minimum absolute atomic E-state index is 0.0776. The van der Waals surface area contributed by atoms with Crippen molar-refractivity contribution in [3.8, 4) is 11.5 Å². The quantitative estimate of drug-likeness (QED) is 0.341. The number of halogens is 2. The standard InChI is InChI=1S/C27H26Cl2N2O2S/c28-23-13-12-21(18-24(23)29)33-20-10-8-19(9-11-20)27-31(17-16-30-14-4-1-5-15-30)26(32)22-6-2-3-7-25(22)34-27/h2-3,6-13,18,27H,1,4-5,14-17H2. The van der Waals surface area contributed by atoms with Gasteiger partial charge in [0.15, 0.2) is 0 Å². The van der Waals surface area contributed by atoms with Gasteiger partial charge in [-0.25, -0.2) is 0 Å². The van der Waals surface area contributed by atoms with Crippen LogP contribution in [0.1, 0.15) is 40.6 Å². The topological polar surface area (TPSA) is 32.8 Å². The Morgan fingerprint density at radius 2 is 1.59 bits per heavy atom. The molecule has 34 heavy (non-hydrogen) atoms. The number of amides is 1. The largest absolute Gasteiger partial charge is 0.457 e. The van der Waals surface area contributed by atoms with Crippen molar-refractivity contribution < 1.29 is 9.53 Å². The van der Waals surface area contributed by atoms with Crippen LogP contribution in [0.4, 0.5) is 0 Å². The molecule has 1 atom stereocenters. The van der Waals surface area contributed by atoms with Gasteiger partial charge in [-0.2, -0.15) is 0 Å². The molecule has 0 saturated carbocycles. The molecule has 1 fully saturated rings. The van der Waals surface area contributed by atoms with Gasteiger partial charge < -0.3 is 14.5 Å². The average Bonchev–Trinajstić information content (AvgIpc) is 2.87. The number of benzene rings is 3. The first-order valence-corrected chi connectivity index (χ1v) is 13.2. The molecule has 3 aromatic rings. The molecule has 0 radical (unpaired) electrons. The fraction of sp³-hybridized carbons (Fsp3) is 0.296. The molecular formula is C27H26Cl2N2O2S. The zero-order valence-corrected chi connectivity index (χ0v) is 21.1. The van der Waals surface area contributed by atoms with E-state index in [1.165, 1.54) is 19.3 Å². The second-order valence-corrected chi connectivity index (χ2v) is 10.6. The molecule has 5 rings (SSSR count). The molecular weight excluding hydrogens is 487 g/mol. The van der Waals surface area contributed by atoms with E-state index < -0.39 is 0 Å². The highest BCUT2D eigenvalue weighted by atomic mass is 35.5. The van der Waals surface area contributed by atoms with Crippen molar-refractivity contribution in [3.63, 3.8) is 0 Å². The summed E-state index contributed by atoms with van der Waals surface area (Å²) in [6.07, 6.45) is 3.80. The smallest absolute Gasteiger partial charge is 0.256 e. The summed E-state index contributed by atoms with van der Waals surface area (Å²) in [5.41, 5.74) is 1.87. The first-order chi connectivity index (χ1) is 16.6. The van der Waals surface area contributed by atoms with Crippen LogP contribution in [0, 0.1) is 0 Å². The summed E-state index contributed by atoms with van der Waals surface area (Å²) in [5.74, 6) is 1.43. The van der Waals surface area contributed by atoms with Crippen molar-refractivity contribution in [2.24, 2.45) is 0 Å². The summed E-state index contributed by atoms with van der Waals surface area (Å²) in [6.45, 7) is 3.87. The third-order valence-corrected chi connectivity index (χ3v) is 8.40. The summed E-state index contributed by atoms with van der Waals surface area (Å²) < 4.78 is 5.95. The lowest BCUT2D eigenvalue weighted by molar-refractivity contribution is 0.0697. The highest BCUT2D eigenvalue weighted by Crippen LogP contribution is 2.45. The molecule has 176 valence electrons. The van der Waals surface area contributed by atoms with E-state index in [0.29, 0.717) is 28.1 Å². The van der Waals surface area contributed by atoms with Crippen LogP contribution in [0.15, 0.2) is 71.6 Å². The second kappa shape index (κ2) is 10.6. The van der Waals surface area contributed by atoms with Crippen LogP contribution < -0.4 is 4.74 Å². The fourth-order valence-corrected chi connectivity index (χ4v) is 6.06. The van der Waals surface area contributed by atoms with Gasteiger partial charge in [0.05, 0.1) is 15.6 Å². The van der Waals surface area contributed by atoms with E-state index in [2.05, 4.69) is 4.90 Å². The van der Waals surface area contributed by atoms with E-state index in [-0.39, 0.29) is 11.3 Å². The van der Waals surface area contributed by atoms with E-state index >= 15 is 0 Å². The van der Waals surface area contributed by atoms with E-state index in [1.807, 2.05) is 53.4 Å². The van der Waals surface area contributed by atoms with Crippen molar-refractivity contribution in [3.05, 3.63) is 87.9 Å². The zero-order chi connectivity index (χ0) is 23.5. The number of nitrogens with zero attached hydrogens (tertiary/aromatic N) is 2. The van der Waals surface area contributed by atoms with Gasteiger partial charge in [0.2, 0.25) is 0 Å². The molecule has 0 spiro atoms. The first-order valence-electron chi connectivity index (χ1n) is 11.6. The summed E-state index contributed by atoms with van der Waals surface area (Å²) in [6, 6.07) is 21.1. The Kier molecular flexibility index (Phi) is 7.35. The van der Waals surface area contributed by atoms with Crippen molar-refractivity contribution >= 4 is 40.9 Å². The number of hydrogen-bond donors (Lipinski definition) is 0.